The van der Waals surface area contributed by atoms with Crippen LogP contribution in [0.25, 0.3) is 0 Å². The van der Waals surface area contributed by atoms with Gasteiger partial charge >= 0.3 is 0 Å². The Morgan fingerprint density at radius 2 is 2.14 bits per heavy atom. The van der Waals surface area contributed by atoms with Gasteiger partial charge in [0.15, 0.2) is 0 Å². The molecule has 1 aliphatic carbocycles. The van der Waals surface area contributed by atoms with Gasteiger partial charge in [-0.2, -0.15) is 0 Å². The van der Waals surface area contributed by atoms with Crippen LogP contribution in [0.5, 0.6) is 0 Å². The van der Waals surface area contributed by atoms with Gasteiger partial charge in [0.05, 0.1) is 6.04 Å². The van der Waals surface area contributed by atoms with Crippen molar-refractivity contribution in [1.29, 1.82) is 0 Å². The second-order valence-corrected chi connectivity index (χ2v) is 6.13. The number of benzene rings is 1. The molecule has 0 aromatic heterocycles. The van der Waals surface area contributed by atoms with Crippen molar-refractivity contribution in [3.63, 3.8) is 0 Å². The van der Waals surface area contributed by atoms with Gasteiger partial charge in [0, 0.05) is 30.0 Å². The van der Waals surface area contributed by atoms with Gasteiger partial charge in [-0.1, -0.05) is 29.8 Å². The predicted octanol–water partition coefficient (Wildman–Crippen LogP) is 2.35. The molecule has 0 saturated heterocycles. The fraction of sp³-hybridized carbons (Fsp3) is 0.562. The van der Waals surface area contributed by atoms with E-state index in [0.29, 0.717) is 17.6 Å². The maximum atomic E-state index is 12.6. The molecule has 116 valence electrons. The molecule has 5 heteroatoms. The highest BCUT2D eigenvalue weighted by molar-refractivity contribution is 6.31. The van der Waals surface area contributed by atoms with Gasteiger partial charge in [0.1, 0.15) is 0 Å². The molecule has 3 N–H and O–H groups in total. The molecule has 1 fully saturated rings. The van der Waals surface area contributed by atoms with Gasteiger partial charge in [-0.15, -0.1) is 0 Å². The Hall–Kier alpha value is -1.10. The maximum Gasteiger partial charge on any atom is 0.223 e. The Morgan fingerprint density at radius 1 is 1.48 bits per heavy atom. The summed E-state index contributed by atoms with van der Waals surface area (Å²) in [6, 6.07) is 7.86. The summed E-state index contributed by atoms with van der Waals surface area (Å²) in [7, 11) is 0. The second kappa shape index (κ2) is 7.25. The van der Waals surface area contributed by atoms with Crippen LogP contribution < -0.4 is 5.73 Å². The molecule has 0 bridgehead atoms. The lowest BCUT2D eigenvalue weighted by atomic mass is 10.0. The quantitative estimate of drug-likeness (QED) is 0.812. The zero-order valence-corrected chi connectivity index (χ0v) is 13.1. The van der Waals surface area contributed by atoms with Gasteiger partial charge in [0.2, 0.25) is 5.91 Å². The van der Waals surface area contributed by atoms with E-state index >= 15 is 0 Å². The van der Waals surface area contributed by atoms with Crippen LogP contribution in [0.4, 0.5) is 0 Å². The summed E-state index contributed by atoms with van der Waals surface area (Å²) in [5.74, 6) is -0.119. The fourth-order valence-corrected chi connectivity index (χ4v) is 2.92. The van der Waals surface area contributed by atoms with Gasteiger partial charge in [-0.05, 0) is 37.9 Å². The fourth-order valence-electron chi connectivity index (χ4n) is 2.63. The summed E-state index contributed by atoms with van der Waals surface area (Å²) in [5, 5.41) is 9.92. The van der Waals surface area contributed by atoms with Crippen LogP contribution in [0.3, 0.4) is 0 Å². The van der Waals surface area contributed by atoms with E-state index in [4.69, 9.17) is 17.3 Å². The van der Waals surface area contributed by atoms with Crippen molar-refractivity contribution in [3.05, 3.63) is 34.9 Å². The third kappa shape index (κ3) is 3.96. The SMILES string of the molecule is C[C@@H](c1ccccc1Cl)N(C(=O)C[C@@H](CN)CO)C1CC1. The first kappa shape index (κ1) is 16.3. The standard InChI is InChI=1S/C16H23ClN2O2/c1-11(14-4-2-3-5-15(14)17)19(13-6-7-13)16(21)8-12(9-18)10-20/h2-5,11-13,20H,6-10,18H2,1H3/t11-,12-/m0/s1. The first-order valence-corrected chi connectivity index (χ1v) is 7.82. The molecular formula is C16H23ClN2O2. The number of hydrogen-bond acceptors (Lipinski definition) is 3. The first-order chi connectivity index (χ1) is 10.1. The minimum absolute atomic E-state index is 0.0504. The normalized spacial score (nSPS) is 17.3. The highest BCUT2D eigenvalue weighted by Gasteiger charge is 2.37. The molecule has 0 spiro atoms. The van der Waals surface area contributed by atoms with Crippen LogP contribution in [0.15, 0.2) is 24.3 Å². The van der Waals surface area contributed by atoms with Crippen LogP contribution >= 0.6 is 11.6 Å². The summed E-state index contributed by atoms with van der Waals surface area (Å²) < 4.78 is 0. The highest BCUT2D eigenvalue weighted by Crippen LogP contribution is 2.37. The Kier molecular flexibility index (Phi) is 5.62. The Morgan fingerprint density at radius 3 is 2.67 bits per heavy atom. The minimum Gasteiger partial charge on any atom is -0.396 e. The topological polar surface area (TPSA) is 66.6 Å². The van der Waals surface area contributed by atoms with E-state index in [-0.39, 0.29) is 30.9 Å². The van der Waals surface area contributed by atoms with E-state index in [9.17, 15) is 9.90 Å². The molecule has 0 radical (unpaired) electrons. The molecule has 21 heavy (non-hydrogen) atoms. The van der Waals surface area contributed by atoms with E-state index in [1.54, 1.807) is 0 Å². The number of halogens is 1. The molecule has 1 saturated carbocycles. The Labute approximate surface area is 130 Å². The van der Waals surface area contributed by atoms with Crippen LogP contribution in [-0.2, 0) is 4.79 Å². The lowest BCUT2D eigenvalue weighted by molar-refractivity contribution is -0.135. The smallest absolute Gasteiger partial charge is 0.223 e. The second-order valence-electron chi connectivity index (χ2n) is 5.72. The number of carbonyl (C=O) groups excluding carboxylic acids is 1. The van der Waals surface area contributed by atoms with Gasteiger partial charge in [-0.3, -0.25) is 4.79 Å². The number of nitrogens with zero attached hydrogens (tertiary/aromatic N) is 1. The lowest BCUT2D eigenvalue weighted by Crippen LogP contribution is -2.38. The van der Waals surface area contributed by atoms with E-state index in [2.05, 4.69) is 0 Å². The largest absolute Gasteiger partial charge is 0.396 e. The summed E-state index contributed by atoms with van der Waals surface area (Å²) in [4.78, 5) is 14.5. The molecule has 1 amide bonds. The summed E-state index contributed by atoms with van der Waals surface area (Å²) in [6.45, 7) is 2.27. The monoisotopic (exact) mass is 310 g/mol. The number of rotatable bonds is 7. The molecule has 1 aromatic rings. The van der Waals surface area contributed by atoms with Crippen LogP contribution in [0.2, 0.25) is 5.02 Å². The van der Waals surface area contributed by atoms with Crippen LogP contribution in [-0.4, -0.2) is 35.1 Å². The molecule has 0 unspecified atom stereocenters. The Bertz CT molecular complexity index is 487. The third-order valence-corrected chi connectivity index (χ3v) is 4.40. The summed E-state index contributed by atoms with van der Waals surface area (Å²) >= 11 is 6.26. The maximum absolute atomic E-state index is 12.6. The zero-order valence-electron chi connectivity index (χ0n) is 12.3. The molecule has 2 rings (SSSR count). The van der Waals surface area contributed by atoms with Crippen molar-refractivity contribution in [3.8, 4) is 0 Å². The first-order valence-electron chi connectivity index (χ1n) is 7.45. The van der Waals surface area contributed by atoms with E-state index in [1.807, 2.05) is 36.1 Å². The van der Waals surface area contributed by atoms with E-state index < -0.39 is 0 Å². The van der Waals surface area contributed by atoms with Crippen molar-refractivity contribution in [2.75, 3.05) is 13.2 Å². The Balaban J connectivity index is 2.15. The third-order valence-electron chi connectivity index (χ3n) is 4.06. The summed E-state index contributed by atoms with van der Waals surface area (Å²) in [6.07, 6.45) is 2.36. The van der Waals surface area contributed by atoms with Crippen molar-refractivity contribution in [1.82, 2.24) is 4.90 Å². The van der Waals surface area contributed by atoms with Crippen LogP contribution in [0.1, 0.15) is 37.8 Å². The molecule has 1 aliphatic rings. The molecular weight excluding hydrogens is 288 g/mol. The zero-order chi connectivity index (χ0) is 15.4. The van der Waals surface area contributed by atoms with Crippen molar-refractivity contribution in [2.24, 2.45) is 11.7 Å². The number of aliphatic hydroxyl groups is 1. The molecule has 4 nitrogen and oxygen atoms in total. The molecule has 2 atom stereocenters. The average Bonchev–Trinajstić information content (AvgIpc) is 3.30. The average molecular weight is 311 g/mol. The summed E-state index contributed by atoms with van der Waals surface area (Å²) in [5.41, 5.74) is 6.55. The molecule has 0 aliphatic heterocycles. The molecule has 1 aromatic carbocycles. The van der Waals surface area contributed by atoms with Gasteiger partial charge in [-0.25, -0.2) is 0 Å². The molecule has 0 heterocycles. The van der Waals surface area contributed by atoms with Crippen molar-refractivity contribution >= 4 is 17.5 Å². The van der Waals surface area contributed by atoms with Crippen molar-refractivity contribution < 1.29 is 9.90 Å². The van der Waals surface area contributed by atoms with Crippen LogP contribution in [0, 0.1) is 5.92 Å². The number of nitrogens with two attached hydrogens (primary N) is 1. The predicted molar refractivity (Wildman–Crippen MR) is 84.0 cm³/mol. The van der Waals surface area contributed by atoms with E-state index in [0.717, 1.165) is 18.4 Å². The number of carbonyl (C=O) groups is 1. The number of amides is 1. The van der Waals surface area contributed by atoms with Gasteiger partial charge in [0.25, 0.3) is 0 Å². The van der Waals surface area contributed by atoms with Gasteiger partial charge < -0.3 is 15.7 Å². The lowest BCUT2D eigenvalue weighted by Gasteiger charge is -2.31. The highest BCUT2D eigenvalue weighted by atomic mass is 35.5. The van der Waals surface area contributed by atoms with Crippen molar-refractivity contribution in [2.45, 2.75) is 38.3 Å². The number of hydrogen-bond donors (Lipinski definition) is 2. The minimum atomic E-state index is -0.169. The number of aliphatic hydroxyl groups excluding tert-OH is 1. The van der Waals surface area contributed by atoms with E-state index in [1.165, 1.54) is 0 Å².